The van der Waals surface area contributed by atoms with Crippen molar-refractivity contribution in [3.8, 4) is 0 Å². The van der Waals surface area contributed by atoms with Gasteiger partial charge in [0.05, 0.1) is 11.3 Å². The van der Waals surface area contributed by atoms with Crippen molar-refractivity contribution in [2.24, 2.45) is 0 Å². The number of rotatable bonds is 3. The molecule has 0 saturated heterocycles. The zero-order chi connectivity index (χ0) is 13.0. The molecule has 0 unspecified atom stereocenters. The standard InChI is InChI=1S/C13H11FN2O2/c14-11-6-10(3-4-12(11)15)13(17)18-8-9-2-1-5-16-7-9/h1-7H,8,15H2. The summed E-state index contributed by atoms with van der Waals surface area (Å²) in [5.74, 6) is -1.23. The number of nitrogens with zero attached hydrogens (tertiary/aromatic N) is 1. The van der Waals surface area contributed by atoms with Gasteiger partial charge in [-0.2, -0.15) is 0 Å². The van der Waals surface area contributed by atoms with Gasteiger partial charge < -0.3 is 10.5 Å². The van der Waals surface area contributed by atoms with E-state index in [9.17, 15) is 9.18 Å². The van der Waals surface area contributed by atoms with E-state index in [-0.39, 0.29) is 17.9 Å². The first-order chi connectivity index (χ1) is 8.66. The van der Waals surface area contributed by atoms with E-state index in [1.54, 1.807) is 24.5 Å². The van der Waals surface area contributed by atoms with Crippen molar-refractivity contribution in [1.82, 2.24) is 4.98 Å². The number of aromatic nitrogens is 1. The fourth-order valence-corrected chi connectivity index (χ4v) is 1.37. The van der Waals surface area contributed by atoms with Crippen LogP contribution in [-0.2, 0) is 11.3 Å². The minimum Gasteiger partial charge on any atom is -0.457 e. The second-order valence-electron chi connectivity index (χ2n) is 3.67. The zero-order valence-corrected chi connectivity index (χ0v) is 9.47. The Morgan fingerprint density at radius 1 is 1.39 bits per heavy atom. The van der Waals surface area contributed by atoms with Crippen molar-refractivity contribution >= 4 is 11.7 Å². The molecule has 2 aromatic rings. The Morgan fingerprint density at radius 2 is 2.22 bits per heavy atom. The van der Waals surface area contributed by atoms with Gasteiger partial charge >= 0.3 is 5.97 Å². The number of nitrogen functional groups attached to an aromatic ring is 1. The first-order valence-corrected chi connectivity index (χ1v) is 5.28. The molecule has 92 valence electrons. The summed E-state index contributed by atoms with van der Waals surface area (Å²) in [5, 5.41) is 0. The largest absolute Gasteiger partial charge is 0.457 e. The third-order valence-corrected chi connectivity index (χ3v) is 2.33. The molecule has 0 amide bonds. The third-order valence-electron chi connectivity index (χ3n) is 2.33. The van der Waals surface area contributed by atoms with Gasteiger partial charge in [0, 0.05) is 18.0 Å². The Hall–Kier alpha value is -2.43. The summed E-state index contributed by atoms with van der Waals surface area (Å²) in [6.45, 7) is 0.0959. The number of hydrogen-bond donors (Lipinski definition) is 1. The van der Waals surface area contributed by atoms with E-state index in [1.807, 2.05) is 0 Å². The van der Waals surface area contributed by atoms with Gasteiger partial charge in [-0.25, -0.2) is 9.18 Å². The highest BCUT2D eigenvalue weighted by molar-refractivity contribution is 5.89. The summed E-state index contributed by atoms with van der Waals surface area (Å²) < 4.78 is 18.2. The van der Waals surface area contributed by atoms with Crippen LogP contribution < -0.4 is 5.73 Å². The summed E-state index contributed by atoms with van der Waals surface area (Å²) in [6.07, 6.45) is 3.22. The van der Waals surface area contributed by atoms with Crippen LogP contribution in [0.4, 0.5) is 10.1 Å². The van der Waals surface area contributed by atoms with Gasteiger partial charge in [0.15, 0.2) is 0 Å². The fraction of sp³-hybridized carbons (Fsp3) is 0.0769. The van der Waals surface area contributed by atoms with Crippen molar-refractivity contribution in [3.63, 3.8) is 0 Å². The number of nitrogens with two attached hydrogens (primary N) is 1. The van der Waals surface area contributed by atoms with Crippen LogP contribution in [0.3, 0.4) is 0 Å². The van der Waals surface area contributed by atoms with E-state index in [0.717, 1.165) is 11.6 Å². The highest BCUT2D eigenvalue weighted by Gasteiger charge is 2.09. The average molecular weight is 246 g/mol. The maximum absolute atomic E-state index is 13.2. The van der Waals surface area contributed by atoms with Crippen molar-refractivity contribution in [2.45, 2.75) is 6.61 Å². The number of esters is 1. The summed E-state index contributed by atoms with van der Waals surface area (Å²) >= 11 is 0. The normalized spacial score (nSPS) is 10.1. The lowest BCUT2D eigenvalue weighted by Gasteiger charge is -2.05. The molecule has 0 saturated carbocycles. The number of pyridine rings is 1. The Bertz CT molecular complexity index is 558. The lowest BCUT2D eigenvalue weighted by molar-refractivity contribution is 0.0472. The van der Waals surface area contributed by atoms with Gasteiger partial charge in [0.2, 0.25) is 0 Å². The van der Waals surface area contributed by atoms with Crippen LogP contribution in [0.25, 0.3) is 0 Å². The molecule has 0 fully saturated rings. The van der Waals surface area contributed by atoms with E-state index in [0.29, 0.717) is 0 Å². The summed E-state index contributed by atoms with van der Waals surface area (Å²) in [4.78, 5) is 15.5. The summed E-state index contributed by atoms with van der Waals surface area (Å²) in [5.41, 5.74) is 6.21. The predicted octanol–water partition coefficient (Wildman–Crippen LogP) is 2.16. The predicted molar refractivity (Wildman–Crippen MR) is 64.2 cm³/mol. The molecule has 1 aromatic heterocycles. The molecule has 2 rings (SSSR count). The summed E-state index contributed by atoms with van der Waals surface area (Å²) in [6, 6.07) is 7.33. The van der Waals surface area contributed by atoms with Crippen molar-refractivity contribution < 1.29 is 13.9 Å². The van der Waals surface area contributed by atoms with Crippen LogP contribution in [0.1, 0.15) is 15.9 Å². The van der Waals surface area contributed by atoms with Crippen molar-refractivity contribution in [2.75, 3.05) is 5.73 Å². The first-order valence-electron chi connectivity index (χ1n) is 5.28. The van der Waals surface area contributed by atoms with Crippen LogP contribution in [-0.4, -0.2) is 11.0 Å². The molecule has 0 aliphatic carbocycles. The molecule has 18 heavy (non-hydrogen) atoms. The lowest BCUT2D eigenvalue weighted by atomic mass is 10.2. The highest BCUT2D eigenvalue weighted by atomic mass is 19.1. The molecular weight excluding hydrogens is 235 g/mol. The van der Waals surface area contributed by atoms with Crippen LogP contribution >= 0.6 is 0 Å². The maximum Gasteiger partial charge on any atom is 0.338 e. The smallest absolute Gasteiger partial charge is 0.338 e. The number of anilines is 1. The van der Waals surface area contributed by atoms with Gasteiger partial charge in [-0.05, 0) is 24.3 Å². The van der Waals surface area contributed by atoms with Crippen LogP contribution in [0, 0.1) is 5.82 Å². The third kappa shape index (κ3) is 2.82. The molecule has 0 atom stereocenters. The Morgan fingerprint density at radius 3 is 2.89 bits per heavy atom. The van der Waals surface area contributed by atoms with Crippen LogP contribution in [0.2, 0.25) is 0 Å². The number of carbonyl (C=O) groups excluding carboxylic acids is 1. The Balaban J connectivity index is 2.02. The number of carbonyl (C=O) groups is 1. The Kier molecular flexibility index (Phi) is 3.52. The average Bonchev–Trinajstić information content (AvgIpc) is 2.40. The topological polar surface area (TPSA) is 65.2 Å². The quantitative estimate of drug-likeness (QED) is 0.665. The molecular formula is C13H11FN2O2. The zero-order valence-electron chi connectivity index (χ0n) is 9.47. The van der Waals surface area contributed by atoms with E-state index >= 15 is 0 Å². The molecule has 1 heterocycles. The highest BCUT2D eigenvalue weighted by Crippen LogP contribution is 2.13. The van der Waals surface area contributed by atoms with E-state index < -0.39 is 11.8 Å². The SMILES string of the molecule is Nc1ccc(C(=O)OCc2cccnc2)cc1F. The maximum atomic E-state index is 13.2. The lowest BCUT2D eigenvalue weighted by Crippen LogP contribution is -2.06. The minimum atomic E-state index is -0.633. The first kappa shape index (κ1) is 12.0. The van der Waals surface area contributed by atoms with Gasteiger partial charge in [0.25, 0.3) is 0 Å². The van der Waals surface area contributed by atoms with E-state index in [1.165, 1.54) is 12.1 Å². The molecule has 2 N–H and O–H groups in total. The molecule has 4 nitrogen and oxygen atoms in total. The molecule has 5 heteroatoms. The number of benzene rings is 1. The second-order valence-corrected chi connectivity index (χ2v) is 3.67. The monoisotopic (exact) mass is 246 g/mol. The van der Waals surface area contributed by atoms with Gasteiger partial charge in [-0.3, -0.25) is 4.98 Å². The molecule has 0 radical (unpaired) electrons. The van der Waals surface area contributed by atoms with Gasteiger partial charge in [-0.1, -0.05) is 6.07 Å². The van der Waals surface area contributed by atoms with Crippen molar-refractivity contribution in [3.05, 3.63) is 59.7 Å². The van der Waals surface area contributed by atoms with E-state index in [4.69, 9.17) is 10.5 Å². The molecule has 1 aromatic carbocycles. The van der Waals surface area contributed by atoms with E-state index in [2.05, 4.69) is 4.98 Å². The number of halogens is 1. The molecule has 0 aliphatic heterocycles. The molecule has 0 aliphatic rings. The van der Waals surface area contributed by atoms with Crippen LogP contribution in [0.5, 0.6) is 0 Å². The minimum absolute atomic E-state index is 0.00110. The van der Waals surface area contributed by atoms with Gasteiger partial charge in [-0.15, -0.1) is 0 Å². The van der Waals surface area contributed by atoms with Gasteiger partial charge in [0.1, 0.15) is 12.4 Å². The number of ether oxygens (including phenoxy) is 1. The Labute approximate surface area is 103 Å². The van der Waals surface area contributed by atoms with Crippen molar-refractivity contribution in [1.29, 1.82) is 0 Å². The second kappa shape index (κ2) is 5.27. The molecule has 0 bridgehead atoms. The fourth-order valence-electron chi connectivity index (χ4n) is 1.37. The molecule has 0 spiro atoms. The van der Waals surface area contributed by atoms with Crippen LogP contribution in [0.15, 0.2) is 42.7 Å². The number of hydrogen-bond acceptors (Lipinski definition) is 4. The summed E-state index contributed by atoms with van der Waals surface area (Å²) in [7, 11) is 0.